The van der Waals surface area contributed by atoms with Crippen LogP contribution >= 0.6 is 22.0 Å². The van der Waals surface area contributed by atoms with E-state index in [1.165, 1.54) is 44.5 Å². The molecule has 0 N–H and O–H groups in total. The van der Waals surface area contributed by atoms with Gasteiger partial charge in [0.15, 0.2) is 0 Å². The summed E-state index contributed by atoms with van der Waals surface area (Å²) in [6.45, 7) is 4.74. The van der Waals surface area contributed by atoms with E-state index in [0.29, 0.717) is 52.9 Å². The third kappa shape index (κ3) is 28.1. The van der Waals surface area contributed by atoms with Gasteiger partial charge in [-0.1, -0.05) is 0 Å². The Morgan fingerprint density at radius 2 is 0.337 bits per heavy atom. The molecule has 0 saturated carbocycles. The van der Waals surface area contributed by atoms with Crippen LogP contribution in [0.15, 0.2) is 243 Å². The fraction of sp³-hybridized carbons (Fsp3) is 0.377. The average Bonchev–Trinajstić information content (AvgIpc) is 3.77. The molecule has 8 rings (SSSR count). The molecule has 0 spiro atoms. The predicted molar refractivity (Wildman–Crippen MR) is 396 cm³/mol. The fourth-order valence-electron chi connectivity index (χ4n) is 11.5. The molecule has 0 heterocycles. The van der Waals surface area contributed by atoms with Gasteiger partial charge in [0.25, 0.3) is 0 Å². The first-order chi connectivity index (χ1) is 43.5. The molecule has 8 aromatic rings. The first kappa shape index (κ1) is 72.2. The van der Waals surface area contributed by atoms with Gasteiger partial charge >= 0.3 is 572 Å². The molecule has 0 aromatic heterocycles. The molecule has 0 atom stereocenters. The molecule has 0 radical (unpaired) electrons. The number of benzene rings is 8. The third-order valence-electron chi connectivity index (χ3n) is 17.4. The second kappa shape index (κ2) is 39.9. The van der Waals surface area contributed by atoms with Gasteiger partial charge in [0.2, 0.25) is 0 Å². The summed E-state index contributed by atoms with van der Waals surface area (Å²) in [6.07, 6.45) is 21.9. The van der Waals surface area contributed by atoms with Crippen LogP contribution in [-0.4, -0.2) is 187 Å². The fourth-order valence-corrected chi connectivity index (χ4v) is 27.8. The first-order valence-corrected chi connectivity index (χ1v) is 50.6. The van der Waals surface area contributed by atoms with Crippen LogP contribution in [0.3, 0.4) is 0 Å². The Bertz CT molecular complexity index is 2740. The van der Waals surface area contributed by atoms with Crippen LogP contribution in [0.25, 0.3) is 0 Å². The van der Waals surface area contributed by atoms with Crippen molar-refractivity contribution < 1.29 is 18.9 Å². The number of ether oxygens (including phenoxy) is 4. The normalized spacial score (nSPS) is 12.3. The molecule has 0 aliphatic heterocycles. The Kier molecular flexibility index (Phi) is 32.4. The Morgan fingerprint density at radius 1 is 0.202 bits per heavy atom. The Morgan fingerprint density at radius 3 is 0.472 bits per heavy atom. The summed E-state index contributed by atoms with van der Waals surface area (Å²) in [6, 6.07) is 88.4. The molecule has 472 valence electrons. The van der Waals surface area contributed by atoms with Crippen molar-refractivity contribution in [1.82, 2.24) is 0 Å². The van der Waals surface area contributed by atoms with Gasteiger partial charge in [-0.3, -0.25) is 0 Å². The van der Waals surface area contributed by atoms with E-state index in [2.05, 4.69) is 303 Å². The molecule has 89 heavy (non-hydrogen) atoms. The minimum atomic E-state index is -1.53. The minimum absolute atomic E-state index is 0.506. The van der Waals surface area contributed by atoms with Gasteiger partial charge in [0.05, 0.1) is 0 Å². The van der Waals surface area contributed by atoms with E-state index in [1.807, 2.05) is 0 Å². The third-order valence-corrected chi connectivity index (χ3v) is 43.5. The van der Waals surface area contributed by atoms with Crippen molar-refractivity contribution in [1.29, 1.82) is 0 Å². The average molecular weight is 1530 g/mol. The summed E-state index contributed by atoms with van der Waals surface area (Å²) in [7, 11) is 0. The summed E-state index contributed by atoms with van der Waals surface area (Å²) in [5.41, 5.74) is 4.57. The summed E-state index contributed by atoms with van der Waals surface area (Å²) in [5.74, 6) is 0. The first-order valence-electron chi connectivity index (χ1n) is 32.4. The zero-order valence-corrected chi connectivity index (χ0v) is 62.9. The zero-order valence-electron chi connectivity index (χ0n) is 52.4. The molecule has 0 amide bonds. The van der Waals surface area contributed by atoms with Gasteiger partial charge in [-0.25, -0.2) is 0 Å². The van der Waals surface area contributed by atoms with E-state index in [1.54, 1.807) is 0 Å². The maximum absolute atomic E-state index is 7.19. The van der Waals surface area contributed by atoms with Crippen molar-refractivity contribution in [3.05, 3.63) is 287 Å². The molecule has 0 aliphatic rings. The Labute approximate surface area is 567 Å². The van der Waals surface area contributed by atoms with E-state index in [4.69, 9.17) is 18.9 Å². The van der Waals surface area contributed by atoms with E-state index in [-0.39, 0.29) is 0 Å². The van der Waals surface area contributed by atoms with Gasteiger partial charge in [0.1, 0.15) is 0 Å². The molecule has 0 unspecified atom stereocenters. The summed E-state index contributed by atoms with van der Waals surface area (Å²) in [5, 5.41) is 0. The predicted octanol–water partition coefficient (Wildman–Crippen LogP) is 16.4. The van der Waals surface area contributed by atoms with Crippen LogP contribution in [0.4, 0.5) is 0 Å². The second-order valence-electron chi connectivity index (χ2n) is 24.5. The number of rotatable bonds is 44. The number of aryl methyl sites for hydroxylation is 8. The van der Waals surface area contributed by atoms with Crippen molar-refractivity contribution in [3.63, 3.8) is 0 Å². The summed E-state index contributed by atoms with van der Waals surface area (Å²) >= 11 is 15.5. The van der Waals surface area contributed by atoms with Crippen molar-refractivity contribution in [2.75, 3.05) is 127 Å². The van der Waals surface area contributed by atoms with Crippen LogP contribution in [0.2, 0.25) is 0 Å². The van der Waals surface area contributed by atoms with Gasteiger partial charge in [-0.15, -0.1) is 0 Å². The van der Waals surface area contributed by atoms with Gasteiger partial charge in [-0.2, -0.15) is 0 Å². The standard InChI is InChI=1S/C77H96O4P4Se4/c86-82(53-41-69-25-9-1-10-26-69,54-42-70-27-11-2-12-28-70)61-49-78-65-77(66-79-50-62-83(87,55-43-71-29-13-3-14-30-71)56-44-72-31-15-4-16-32-72,67-80-51-63-84(88,57-45-73-33-17-5-18-34-73)58-46-74-35-19-6-20-36-74)68-81-52-64-85(89,59-47-75-37-21-7-22-38-75)60-48-76-39-23-8-24-40-76/h1-40H,41-68H2. The molecule has 0 saturated heterocycles. The zero-order chi connectivity index (χ0) is 62.0. The summed E-state index contributed by atoms with van der Waals surface area (Å²) in [4.78, 5) is 0. The molecule has 12 heteroatoms. The van der Waals surface area contributed by atoms with Crippen LogP contribution in [-0.2, 0) is 70.3 Å². The van der Waals surface area contributed by atoms with E-state index in [9.17, 15) is 0 Å². The van der Waals surface area contributed by atoms with Crippen molar-refractivity contribution in [3.8, 4) is 0 Å². The second-order valence-corrected chi connectivity index (χ2v) is 57.8. The van der Waals surface area contributed by atoms with Crippen molar-refractivity contribution in [2.24, 2.45) is 5.41 Å². The van der Waals surface area contributed by atoms with Crippen LogP contribution in [0, 0.1) is 5.41 Å². The molecular formula is C77H96O4P4Se4. The quantitative estimate of drug-likeness (QED) is 0.0217. The van der Waals surface area contributed by atoms with E-state index in [0.717, 1.165) is 125 Å². The van der Waals surface area contributed by atoms with Crippen LogP contribution in [0.5, 0.6) is 0 Å². The molecule has 0 fully saturated rings. The van der Waals surface area contributed by atoms with Crippen molar-refractivity contribution >= 4 is 82.4 Å². The van der Waals surface area contributed by atoms with Gasteiger partial charge in [-0.05, 0) is 0 Å². The van der Waals surface area contributed by atoms with Gasteiger partial charge < -0.3 is 0 Å². The monoisotopic (exact) mass is 1530 g/mol. The van der Waals surface area contributed by atoms with E-state index >= 15 is 0 Å². The Hall–Kier alpha value is -2.60. The Balaban J connectivity index is 1.04. The van der Waals surface area contributed by atoms with Crippen LogP contribution < -0.4 is 0 Å². The topological polar surface area (TPSA) is 36.9 Å². The number of hydrogen-bond acceptors (Lipinski definition) is 4. The molecule has 4 nitrogen and oxygen atoms in total. The van der Waals surface area contributed by atoms with E-state index < -0.39 is 27.4 Å². The molecule has 8 aromatic carbocycles. The molecule has 0 aliphatic carbocycles. The van der Waals surface area contributed by atoms with Crippen LogP contribution in [0.1, 0.15) is 44.5 Å². The van der Waals surface area contributed by atoms with Gasteiger partial charge in [0, 0.05) is 0 Å². The SMILES string of the molecule is [Se]=P(CCOCC(COCCP(=[Se])(CCc1ccccc1)CCc1ccccc1)(COCCP(=[Se])(CCc1ccccc1)CCc1ccccc1)COCCP(=[Se])(CCc1ccccc1)CCc1ccccc1)(CCc1ccccc1)CCc1ccccc1. The molecule has 0 bridgehead atoms. The number of hydrogen-bond donors (Lipinski definition) is 0. The van der Waals surface area contributed by atoms with Crippen molar-refractivity contribution in [2.45, 2.75) is 51.4 Å². The summed E-state index contributed by atoms with van der Waals surface area (Å²) < 4.78 is 28.8. The maximum atomic E-state index is 7.19. The molecular weight excluding hydrogens is 1430 g/mol.